The van der Waals surface area contributed by atoms with E-state index in [2.05, 4.69) is 15.5 Å². The molecule has 2 N–H and O–H groups in total. The summed E-state index contributed by atoms with van der Waals surface area (Å²) in [5, 5.41) is 22.7. The smallest absolute Gasteiger partial charge is 0.278 e. The summed E-state index contributed by atoms with van der Waals surface area (Å²) in [6.45, 7) is 1.62. The number of carbonyl (C=O) groups excluding carboxylic acids is 1. The second kappa shape index (κ2) is 9.89. The average Bonchev–Trinajstić information content (AvgIpc) is 2.67. The third kappa shape index (κ3) is 5.43. The molecule has 0 saturated heterocycles. The number of amides is 1. The lowest BCUT2D eigenvalue weighted by Crippen LogP contribution is -2.25. The number of benzene rings is 1. The van der Waals surface area contributed by atoms with Gasteiger partial charge in [-0.3, -0.25) is 4.79 Å². The van der Waals surface area contributed by atoms with Gasteiger partial charge >= 0.3 is 0 Å². The minimum Gasteiger partial charge on any atom is -0.504 e. The molecular formula is C19H20N4O5. The van der Waals surface area contributed by atoms with Crippen molar-refractivity contribution in [1.82, 2.24) is 10.4 Å². The zero-order valence-corrected chi connectivity index (χ0v) is 15.7. The standard InChI is InChI=1S/C19H20N4O5/c1-12-6-14(10-26-2)15(8-20)19(22-12)28-11-18(25)23-21-9-13-4-5-16(24)17(7-13)27-3/h4-7,9,24H,10-11H2,1-3H3,(H,23,25)/b21-9-. The van der Waals surface area contributed by atoms with Crippen LogP contribution in [0.15, 0.2) is 29.4 Å². The van der Waals surface area contributed by atoms with Gasteiger partial charge in [-0.15, -0.1) is 0 Å². The van der Waals surface area contributed by atoms with Crippen LogP contribution in [-0.4, -0.2) is 43.0 Å². The van der Waals surface area contributed by atoms with E-state index in [1.54, 1.807) is 25.1 Å². The average molecular weight is 384 g/mol. The van der Waals surface area contributed by atoms with E-state index in [9.17, 15) is 15.2 Å². The number of aryl methyl sites for hydroxylation is 1. The Morgan fingerprint density at radius 1 is 1.39 bits per heavy atom. The molecular weight excluding hydrogens is 364 g/mol. The number of aromatic nitrogens is 1. The maximum Gasteiger partial charge on any atom is 0.278 e. The molecule has 2 rings (SSSR count). The highest BCUT2D eigenvalue weighted by Gasteiger charge is 2.14. The molecule has 2 aromatic rings. The number of aromatic hydroxyl groups is 1. The fraction of sp³-hybridized carbons (Fsp3) is 0.263. The van der Waals surface area contributed by atoms with Gasteiger partial charge in [-0.2, -0.15) is 10.4 Å². The Morgan fingerprint density at radius 3 is 2.86 bits per heavy atom. The van der Waals surface area contributed by atoms with E-state index in [0.717, 1.165) is 0 Å². The fourth-order valence-electron chi connectivity index (χ4n) is 2.32. The van der Waals surface area contributed by atoms with Crippen molar-refractivity contribution in [3.63, 3.8) is 0 Å². The summed E-state index contributed by atoms with van der Waals surface area (Å²) in [5.41, 5.74) is 4.42. The summed E-state index contributed by atoms with van der Waals surface area (Å²) in [6.07, 6.45) is 1.39. The molecule has 0 aliphatic heterocycles. The molecule has 0 bridgehead atoms. The Hall–Kier alpha value is -3.64. The van der Waals surface area contributed by atoms with Gasteiger partial charge in [0.1, 0.15) is 11.6 Å². The normalized spacial score (nSPS) is 10.5. The second-order valence-corrected chi connectivity index (χ2v) is 5.66. The van der Waals surface area contributed by atoms with E-state index < -0.39 is 5.91 Å². The Kier molecular flexibility index (Phi) is 7.30. The Morgan fingerprint density at radius 2 is 2.18 bits per heavy atom. The molecule has 1 amide bonds. The van der Waals surface area contributed by atoms with Crippen molar-refractivity contribution in [2.45, 2.75) is 13.5 Å². The number of rotatable bonds is 8. The number of hydrogen-bond donors (Lipinski definition) is 2. The van der Waals surface area contributed by atoms with Crippen molar-refractivity contribution < 1.29 is 24.1 Å². The number of hydrazone groups is 1. The van der Waals surface area contributed by atoms with Crippen molar-refractivity contribution in [2.75, 3.05) is 20.8 Å². The van der Waals surface area contributed by atoms with Crippen LogP contribution in [0.2, 0.25) is 0 Å². The van der Waals surface area contributed by atoms with Crippen molar-refractivity contribution in [3.05, 3.63) is 46.6 Å². The zero-order valence-electron chi connectivity index (χ0n) is 15.7. The van der Waals surface area contributed by atoms with Gasteiger partial charge in [0.25, 0.3) is 5.91 Å². The first-order chi connectivity index (χ1) is 13.5. The maximum atomic E-state index is 11.9. The third-order valence-corrected chi connectivity index (χ3v) is 3.55. The van der Waals surface area contributed by atoms with Gasteiger partial charge in [0.2, 0.25) is 5.88 Å². The fourth-order valence-corrected chi connectivity index (χ4v) is 2.32. The van der Waals surface area contributed by atoms with Crippen molar-refractivity contribution in [3.8, 4) is 23.4 Å². The predicted molar refractivity (Wildman–Crippen MR) is 100 cm³/mol. The van der Waals surface area contributed by atoms with Crippen LogP contribution in [0.4, 0.5) is 0 Å². The van der Waals surface area contributed by atoms with Crippen LogP contribution >= 0.6 is 0 Å². The number of phenols is 1. The van der Waals surface area contributed by atoms with E-state index in [4.69, 9.17) is 14.2 Å². The van der Waals surface area contributed by atoms with Gasteiger partial charge in [-0.1, -0.05) is 0 Å². The van der Waals surface area contributed by atoms with Crippen molar-refractivity contribution in [2.24, 2.45) is 5.10 Å². The lowest BCUT2D eigenvalue weighted by atomic mass is 10.1. The number of phenolic OH excluding ortho intramolecular Hbond substituents is 1. The molecule has 0 unspecified atom stereocenters. The van der Waals surface area contributed by atoms with E-state index in [1.807, 2.05) is 6.07 Å². The second-order valence-electron chi connectivity index (χ2n) is 5.66. The highest BCUT2D eigenvalue weighted by atomic mass is 16.5. The highest BCUT2D eigenvalue weighted by molar-refractivity contribution is 5.83. The molecule has 0 aliphatic carbocycles. The molecule has 146 valence electrons. The summed E-state index contributed by atoms with van der Waals surface area (Å²) in [5.74, 6) is -0.164. The number of ether oxygens (including phenoxy) is 3. The summed E-state index contributed by atoms with van der Waals surface area (Å²) >= 11 is 0. The zero-order chi connectivity index (χ0) is 20.5. The predicted octanol–water partition coefficient (Wildman–Crippen LogP) is 1.65. The van der Waals surface area contributed by atoms with Crippen LogP contribution < -0.4 is 14.9 Å². The van der Waals surface area contributed by atoms with Crippen LogP contribution in [0, 0.1) is 18.3 Å². The summed E-state index contributed by atoms with van der Waals surface area (Å²) < 4.78 is 15.4. The van der Waals surface area contributed by atoms with E-state index in [1.165, 1.54) is 26.5 Å². The monoisotopic (exact) mass is 384 g/mol. The number of nitrogens with zero attached hydrogens (tertiary/aromatic N) is 3. The number of nitrogens with one attached hydrogen (secondary N) is 1. The number of pyridine rings is 1. The Balaban J connectivity index is 1.98. The van der Waals surface area contributed by atoms with Gasteiger partial charge in [-0.25, -0.2) is 10.4 Å². The lowest BCUT2D eigenvalue weighted by molar-refractivity contribution is -0.123. The largest absolute Gasteiger partial charge is 0.504 e. The minimum absolute atomic E-state index is 0.00359. The molecule has 9 nitrogen and oxygen atoms in total. The van der Waals surface area contributed by atoms with E-state index in [0.29, 0.717) is 22.6 Å². The molecule has 0 atom stereocenters. The van der Waals surface area contributed by atoms with Gasteiger partial charge in [0.05, 0.1) is 19.9 Å². The quantitative estimate of drug-likeness (QED) is 0.523. The topological polar surface area (TPSA) is 126 Å². The summed E-state index contributed by atoms with van der Waals surface area (Å²) in [6, 6.07) is 8.37. The molecule has 0 fully saturated rings. The van der Waals surface area contributed by atoms with E-state index in [-0.39, 0.29) is 30.4 Å². The van der Waals surface area contributed by atoms with E-state index >= 15 is 0 Å². The van der Waals surface area contributed by atoms with Gasteiger partial charge in [-0.05, 0) is 36.8 Å². The number of hydrogen-bond acceptors (Lipinski definition) is 8. The van der Waals surface area contributed by atoms with Crippen molar-refractivity contribution in [1.29, 1.82) is 5.26 Å². The Bertz CT molecular complexity index is 921. The van der Waals surface area contributed by atoms with Crippen LogP contribution in [0.3, 0.4) is 0 Å². The number of methoxy groups -OCH3 is 2. The molecule has 1 aromatic carbocycles. The first-order valence-corrected chi connectivity index (χ1v) is 8.19. The first-order valence-electron chi connectivity index (χ1n) is 8.19. The number of nitriles is 1. The minimum atomic E-state index is -0.525. The van der Waals surface area contributed by atoms with Crippen LogP contribution in [-0.2, 0) is 16.1 Å². The maximum absolute atomic E-state index is 11.9. The van der Waals surface area contributed by atoms with Crippen LogP contribution in [0.5, 0.6) is 17.4 Å². The SMILES string of the molecule is COCc1cc(C)nc(OCC(=O)N/N=C\c2ccc(O)c(OC)c2)c1C#N. The molecule has 9 heteroatoms. The highest BCUT2D eigenvalue weighted by Crippen LogP contribution is 2.25. The first kappa shape index (κ1) is 20.7. The van der Waals surface area contributed by atoms with Gasteiger partial charge < -0.3 is 19.3 Å². The van der Waals surface area contributed by atoms with Crippen LogP contribution in [0.1, 0.15) is 22.4 Å². The molecule has 28 heavy (non-hydrogen) atoms. The summed E-state index contributed by atoms with van der Waals surface area (Å²) in [4.78, 5) is 16.1. The molecule has 0 aliphatic rings. The molecule has 1 aromatic heterocycles. The third-order valence-electron chi connectivity index (χ3n) is 3.55. The van der Waals surface area contributed by atoms with Gasteiger partial charge in [0.15, 0.2) is 18.1 Å². The summed E-state index contributed by atoms with van der Waals surface area (Å²) in [7, 11) is 2.95. The lowest BCUT2D eigenvalue weighted by Gasteiger charge is -2.10. The molecule has 0 saturated carbocycles. The molecule has 0 spiro atoms. The van der Waals surface area contributed by atoms with Crippen molar-refractivity contribution >= 4 is 12.1 Å². The molecule has 0 radical (unpaired) electrons. The Labute approximate surface area is 162 Å². The van der Waals surface area contributed by atoms with Gasteiger partial charge in [0, 0.05) is 18.4 Å². The molecule has 1 heterocycles. The number of carbonyl (C=O) groups is 1. The van der Waals surface area contributed by atoms with Crippen LogP contribution in [0.25, 0.3) is 0 Å².